The molecule has 5 heteroatoms. The first-order valence-electron chi connectivity index (χ1n) is 5.54. The van der Waals surface area contributed by atoms with Crippen LogP contribution in [0.2, 0.25) is 0 Å². The molecule has 0 unspecified atom stereocenters. The van der Waals surface area contributed by atoms with Gasteiger partial charge in [0, 0.05) is 25.0 Å². The molecule has 0 fully saturated rings. The standard InChI is InChI=1S/C11H22N2O3/c1-4-13(8-6-10(15)16)9(14)5-7-11(2,3)12/h4-8,12H2,1-3H3,(H,15,16). The second-order valence-corrected chi connectivity index (χ2v) is 4.61. The van der Waals surface area contributed by atoms with E-state index in [-0.39, 0.29) is 24.4 Å². The van der Waals surface area contributed by atoms with Crippen molar-refractivity contribution in [2.45, 2.75) is 45.6 Å². The summed E-state index contributed by atoms with van der Waals surface area (Å²) in [6.07, 6.45) is 0.970. The topological polar surface area (TPSA) is 83.6 Å². The lowest BCUT2D eigenvalue weighted by molar-refractivity contribution is -0.138. The number of amides is 1. The highest BCUT2D eigenvalue weighted by atomic mass is 16.4. The van der Waals surface area contributed by atoms with Gasteiger partial charge in [-0.25, -0.2) is 0 Å². The van der Waals surface area contributed by atoms with Crippen LogP contribution >= 0.6 is 0 Å². The van der Waals surface area contributed by atoms with Crippen LogP contribution in [-0.4, -0.2) is 40.5 Å². The molecule has 0 aromatic rings. The Morgan fingerprint density at radius 1 is 1.31 bits per heavy atom. The van der Waals surface area contributed by atoms with Crippen LogP contribution in [0.15, 0.2) is 0 Å². The van der Waals surface area contributed by atoms with Crippen LogP contribution in [0.5, 0.6) is 0 Å². The third-order valence-corrected chi connectivity index (χ3v) is 2.31. The van der Waals surface area contributed by atoms with Gasteiger partial charge in [-0.15, -0.1) is 0 Å². The molecule has 0 spiro atoms. The summed E-state index contributed by atoms with van der Waals surface area (Å²) in [6, 6.07) is 0. The van der Waals surface area contributed by atoms with Crippen molar-refractivity contribution in [1.82, 2.24) is 4.90 Å². The van der Waals surface area contributed by atoms with Crippen molar-refractivity contribution in [3.8, 4) is 0 Å². The molecule has 0 aliphatic heterocycles. The smallest absolute Gasteiger partial charge is 0.305 e. The van der Waals surface area contributed by atoms with E-state index in [4.69, 9.17) is 10.8 Å². The third-order valence-electron chi connectivity index (χ3n) is 2.31. The minimum Gasteiger partial charge on any atom is -0.481 e. The van der Waals surface area contributed by atoms with Crippen molar-refractivity contribution in [3.63, 3.8) is 0 Å². The lowest BCUT2D eigenvalue weighted by Crippen LogP contribution is -2.37. The van der Waals surface area contributed by atoms with Gasteiger partial charge in [0.15, 0.2) is 0 Å². The molecular weight excluding hydrogens is 208 g/mol. The maximum atomic E-state index is 11.7. The van der Waals surface area contributed by atoms with Gasteiger partial charge in [0.05, 0.1) is 6.42 Å². The number of carboxylic acids is 1. The zero-order valence-electron chi connectivity index (χ0n) is 10.3. The minimum absolute atomic E-state index is 0.00834. The average Bonchev–Trinajstić information content (AvgIpc) is 2.14. The maximum Gasteiger partial charge on any atom is 0.305 e. The molecule has 1 amide bonds. The SMILES string of the molecule is CCN(CCC(=O)O)C(=O)CCC(C)(C)N. The molecule has 0 heterocycles. The number of carboxylic acid groups (broad SMARTS) is 1. The highest BCUT2D eigenvalue weighted by molar-refractivity contribution is 5.77. The number of carbonyl (C=O) groups excluding carboxylic acids is 1. The molecule has 0 saturated carbocycles. The van der Waals surface area contributed by atoms with Crippen molar-refractivity contribution < 1.29 is 14.7 Å². The molecule has 3 N–H and O–H groups in total. The fraction of sp³-hybridized carbons (Fsp3) is 0.818. The van der Waals surface area contributed by atoms with Crippen LogP contribution in [0.1, 0.15) is 40.0 Å². The Morgan fingerprint density at radius 2 is 1.88 bits per heavy atom. The molecule has 0 bridgehead atoms. The summed E-state index contributed by atoms with van der Waals surface area (Å²) in [7, 11) is 0. The predicted molar refractivity (Wildman–Crippen MR) is 62.0 cm³/mol. The quantitative estimate of drug-likeness (QED) is 0.678. The summed E-state index contributed by atoms with van der Waals surface area (Å²) in [5.41, 5.74) is 5.42. The van der Waals surface area contributed by atoms with Crippen LogP contribution < -0.4 is 5.73 Å². The summed E-state index contributed by atoms with van der Waals surface area (Å²) >= 11 is 0. The van der Waals surface area contributed by atoms with E-state index < -0.39 is 5.97 Å². The largest absolute Gasteiger partial charge is 0.481 e. The first-order valence-corrected chi connectivity index (χ1v) is 5.54. The fourth-order valence-electron chi connectivity index (χ4n) is 1.28. The van der Waals surface area contributed by atoms with E-state index in [1.165, 1.54) is 0 Å². The number of nitrogens with zero attached hydrogens (tertiary/aromatic N) is 1. The van der Waals surface area contributed by atoms with Gasteiger partial charge in [0.25, 0.3) is 0 Å². The summed E-state index contributed by atoms with van der Waals surface area (Å²) in [4.78, 5) is 23.7. The van der Waals surface area contributed by atoms with E-state index >= 15 is 0 Å². The molecule has 0 radical (unpaired) electrons. The Labute approximate surface area is 96.6 Å². The average molecular weight is 230 g/mol. The van der Waals surface area contributed by atoms with E-state index in [0.717, 1.165) is 0 Å². The highest BCUT2D eigenvalue weighted by Crippen LogP contribution is 2.09. The van der Waals surface area contributed by atoms with Gasteiger partial charge >= 0.3 is 5.97 Å². The van der Waals surface area contributed by atoms with Crippen LogP contribution in [0, 0.1) is 0 Å². The molecule has 0 aliphatic carbocycles. The number of nitrogens with two attached hydrogens (primary N) is 1. The Hall–Kier alpha value is -1.10. The first kappa shape index (κ1) is 14.9. The second-order valence-electron chi connectivity index (χ2n) is 4.61. The Morgan fingerprint density at radius 3 is 2.25 bits per heavy atom. The van der Waals surface area contributed by atoms with Crippen molar-refractivity contribution in [1.29, 1.82) is 0 Å². The van der Waals surface area contributed by atoms with Gasteiger partial charge in [0.2, 0.25) is 5.91 Å². The number of rotatable bonds is 7. The molecule has 0 aliphatic rings. The van der Waals surface area contributed by atoms with Crippen molar-refractivity contribution in [2.75, 3.05) is 13.1 Å². The van der Waals surface area contributed by atoms with Crippen LogP contribution in [0.3, 0.4) is 0 Å². The Kier molecular flexibility index (Phi) is 6.03. The summed E-state index contributed by atoms with van der Waals surface area (Å²) in [5.74, 6) is -0.910. The van der Waals surface area contributed by atoms with Gasteiger partial charge in [-0.1, -0.05) is 0 Å². The zero-order chi connectivity index (χ0) is 12.8. The molecule has 5 nitrogen and oxygen atoms in total. The van der Waals surface area contributed by atoms with Gasteiger partial charge in [-0.3, -0.25) is 9.59 Å². The summed E-state index contributed by atoms with van der Waals surface area (Å²) in [6.45, 7) is 6.39. The zero-order valence-corrected chi connectivity index (χ0v) is 10.3. The molecule has 0 rings (SSSR count). The lowest BCUT2D eigenvalue weighted by Gasteiger charge is -2.23. The number of hydrogen-bond acceptors (Lipinski definition) is 3. The van der Waals surface area contributed by atoms with Crippen LogP contribution in [-0.2, 0) is 9.59 Å². The second kappa shape index (κ2) is 6.48. The predicted octanol–water partition coefficient (Wildman–Crippen LogP) is 0.827. The number of aliphatic carboxylic acids is 1. The van der Waals surface area contributed by atoms with E-state index in [1.54, 1.807) is 4.90 Å². The normalized spacial score (nSPS) is 11.2. The lowest BCUT2D eigenvalue weighted by atomic mass is 10.00. The molecular formula is C11H22N2O3. The molecule has 0 saturated heterocycles. The van der Waals surface area contributed by atoms with Gasteiger partial charge in [0.1, 0.15) is 0 Å². The molecule has 0 aromatic carbocycles. The first-order chi connectivity index (χ1) is 7.26. The van der Waals surface area contributed by atoms with Crippen molar-refractivity contribution >= 4 is 11.9 Å². The molecule has 16 heavy (non-hydrogen) atoms. The highest BCUT2D eigenvalue weighted by Gasteiger charge is 2.17. The van der Waals surface area contributed by atoms with Gasteiger partial charge in [-0.05, 0) is 27.2 Å². The Balaban J connectivity index is 4.06. The maximum absolute atomic E-state index is 11.7. The molecule has 94 valence electrons. The van der Waals surface area contributed by atoms with Gasteiger partial charge in [-0.2, -0.15) is 0 Å². The van der Waals surface area contributed by atoms with Crippen molar-refractivity contribution in [3.05, 3.63) is 0 Å². The Bertz CT molecular complexity index is 246. The number of carbonyl (C=O) groups is 2. The van der Waals surface area contributed by atoms with Crippen LogP contribution in [0.4, 0.5) is 0 Å². The van der Waals surface area contributed by atoms with E-state index in [0.29, 0.717) is 19.4 Å². The van der Waals surface area contributed by atoms with Crippen LogP contribution in [0.25, 0.3) is 0 Å². The van der Waals surface area contributed by atoms with Crippen molar-refractivity contribution in [2.24, 2.45) is 5.73 Å². The fourth-order valence-corrected chi connectivity index (χ4v) is 1.28. The van der Waals surface area contributed by atoms with E-state index in [9.17, 15) is 9.59 Å². The molecule has 0 atom stereocenters. The number of hydrogen-bond donors (Lipinski definition) is 2. The third kappa shape index (κ3) is 7.23. The minimum atomic E-state index is -0.884. The monoisotopic (exact) mass is 230 g/mol. The summed E-state index contributed by atoms with van der Waals surface area (Å²) < 4.78 is 0. The molecule has 0 aromatic heterocycles. The van der Waals surface area contributed by atoms with E-state index in [1.807, 2.05) is 20.8 Å². The summed E-state index contributed by atoms with van der Waals surface area (Å²) in [5, 5.41) is 8.54. The van der Waals surface area contributed by atoms with E-state index in [2.05, 4.69) is 0 Å². The van der Waals surface area contributed by atoms with Gasteiger partial charge < -0.3 is 15.7 Å².